The minimum Gasteiger partial charge on any atom is -0.457 e. The van der Waals surface area contributed by atoms with E-state index in [-0.39, 0.29) is 12.6 Å². The van der Waals surface area contributed by atoms with Gasteiger partial charge in [-0.15, -0.1) is 22.7 Å². The minimum absolute atomic E-state index is 0.0992. The second-order valence-electron chi connectivity index (χ2n) is 4.86. The Kier molecular flexibility index (Phi) is 5.74. The molecule has 1 aromatic carbocycles. The number of carbonyl (C=O) groups is 1. The molecule has 0 atom stereocenters. The molecule has 6 heteroatoms. The lowest BCUT2D eigenvalue weighted by molar-refractivity contribution is -0.137. The molecule has 2 aromatic heterocycles. The van der Waals surface area contributed by atoms with E-state index >= 15 is 0 Å². The van der Waals surface area contributed by atoms with Gasteiger partial charge in [-0.2, -0.15) is 0 Å². The number of hydrogen-bond donors (Lipinski definition) is 0. The minimum atomic E-state index is -0.378. The lowest BCUT2D eigenvalue weighted by Gasteiger charge is -2.09. The molecule has 0 saturated heterocycles. The first-order valence-electron chi connectivity index (χ1n) is 7.03. The maximum Gasteiger partial charge on any atom is 0.339 e. The van der Waals surface area contributed by atoms with Crippen LogP contribution in [-0.4, -0.2) is 5.97 Å². The van der Waals surface area contributed by atoms with Crippen molar-refractivity contribution in [2.75, 3.05) is 0 Å². The van der Waals surface area contributed by atoms with Crippen LogP contribution >= 0.6 is 45.9 Å². The average Bonchev–Trinajstić information content (AvgIpc) is 3.25. The summed E-state index contributed by atoms with van der Waals surface area (Å²) < 4.78 is 5.46. The maximum atomic E-state index is 12.6. The molecule has 0 unspecified atom stereocenters. The van der Waals surface area contributed by atoms with Gasteiger partial charge in [-0.1, -0.05) is 41.4 Å². The van der Waals surface area contributed by atoms with Crippen LogP contribution in [-0.2, 0) is 16.1 Å². The van der Waals surface area contributed by atoms with Crippen molar-refractivity contribution in [1.82, 2.24) is 0 Å². The highest BCUT2D eigenvalue weighted by Gasteiger charge is 2.16. The van der Waals surface area contributed by atoms with Crippen molar-refractivity contribution in [2.24, 2.45) is 0 Å². The second-order valence-corrected chi connectivity index (χ2v) is 7.63. The number of rotatable bonds is 5. The Hall–Kier alpha value is -1.59. The Labute approximate surface area is 157 Å². The summed E-state index contributed by atoms with van der Waals surface area (Å²) in [4.78, 5) is 14.4. The number of thiophene rings is 2. The number of benzene rings is 1. The third-order valence-electron chi connectivity index (χ3n) is 3.21. The van der Waals surface area contributed by atoms with Crippen molar-refractivity contribution in [3.8, 4) is 0 Å². The molecule has 0 aliphatic carbocycles. The summed E-state index contributed by atoms with van der Waals surface area (Å²) in [5.41, 5.74) is 1.26. The molecule has 0 saturated carbocycles. The smallest absolute Gasteiger partial charge is 0.339 e. The second kappa shape index (κ2) is 7.99. The fourth-order valence-electron chi connectivity index (χ4n) is 2.04. The topological polar surface area (TPSA) is 26.3 Å². The summed E-state index contributed by atoms with van der Waals surface area (Å²) in [6.07, 6.45) is 1.85. The maximum absolute atomic E-state index is 12.6. The van der Waals surface area contributed by atoms with E-state index in [4.69, 9.17) is 27.9 Å². The van der Waals surface area contributed by atoms with Crippen LogP contribution in [0.3, 0.4) is 0 Å². The van der Waals surface area contributed by atoms with E-state index in [1.165, 1.54) is 11.3 Å². The van der Waals surface area contributed by atoms with Crippen LogP contribution in [0.15, 0.2) is 53.2 Å². The molecule has 0 amide bonds. The van der Waals surface area contributed by atoms with Crippen molar-refractivity contribution >= 4 is 63.5 Å². The van der Waals surface area contributed by atoms with E-state index in [0.717, 1.165) is 15.3 Å². The Morgan fingerprint density at radius 3 is 2.54 bits per heavy atom. The highest BCUT2D eigenvalue weighted by atomic mass is 35.5. The van der Waals surface area contributed by atoms with E-state index in [2.05, 4.69) is 0 Å². The largest absolute Gasteiger partial charge is 0.457 e. The average molecular weight is 395 g/mol. The molecule has 0 N–H and O–H groups in total. The predicted molar refractivity (Wildman–Crippen MR) is 103 cm³/mol. The van der Waals surface area contributed by atoms with Crippen molar-refractivity contribution in [3.63, 3.8) is 0 Å². The van der Waals surface area contributed by atoms with Gasteiger partial charge in [0.25, 0.3) is 0 Å². The van der Waals surface area contributed by atoms with Gasteiger partial charge in [-0.05, 0) is 41.1 Å². The fraction of sp³-hybridized carbons (Fsp3) is 0.0556. The summed E-state index contributed by atoms with van der Waals surface area (Å²) in [5, 5.41) is 4.93. The van der Waals surface area contributed by atoms with E-state index in [0.29, 0.717) is 15.6 Å². The lowest BCUT2D eigenvalue weighted by atomic mass is 10.2. The molecule has 3 aromatic rings. The number of carbonyl (C=O) groups excluding carboxylic acids is 1. The highest BCUT2D eigenvalue weighted by Crippen LogP contribution is 2.27. The molecule has 0 bridgehead atoms. The molecule has 0 radical (unpaired) electrons. The van der Waals surface area contributed by atoms with Crippen LogP contribution in [0.4, 0.5) is 0 Å². The molecule has 24 heavy (non-hydrogen) atoms. The molecule has 0 spiro atoms. The van der Waals surface area contributed by atoms with Crippen LogP contribution in [0.1, 0.15) is 15.3 Å². The van der Waals surface area contributed by atoms with Crippen molar-refractivity contribution < 1.29 is 9.53 Å². The van der Waals surface area contributed by atoms with Gasteiger partial charge < -0.3 is 4.74 Å². The number of hydrogen-bond acceptors (Lipinski definition) is 4. The van der Waals surface area contributed by atoms with Crippen molar-refractivity contribution in [2.45, 2.75) is 6.61 Å². The molecule has 0 aliphatic heterocycles. The monoisotopic (exact) mass is 394 g/mol. The predicted octanol–water partition coefficient (Wildman–Crippen LogP) is 6.40. The summed E-state index contributed by atoms with van der Waals surface area (Å²) in [5.74, 6) is -0.378. The van der Waals surface area contributed by atoms with E-state index in [1.807, 2.05) is 41.1 Å². The summed E-state index contributed by atoms with van der Waals surface area (Å²) in [6, 6.07) is 12.8. The zero-order chi connectivity index (χ0) is 16.9. The van der Waals surface area contributed by atoms with E-state index < -0.39 is 0 Å². The molecular weight excluding hydrogens is 383 g/mol. The Balaban J connectivity index is 1.79. The van der Waals surface area contributed by atoms with Crippen LogP contribution in [0.5, 0.6) is 0 Å². The number of halogens is 2. The highest BCUT2D eigenvalue weighted by molar-refractivity contribution is 7.12. The van der Waals surface area contributed by atoms with Gasteiger partial charge in [-0.25, -0.2) is 4.79 Å². The van der Waals surface area contributed by atoms with Gasteiger partial charge in [0.15, 0.2) is 0 Å². The molecular formula is C18H12Cl2O2S2. The van der Waals surface area contributed by atoms with Gasteiger partial charge in [0, 0.05) is 25.4 Å². The Morgan fingerprint density at radius 1 is 1.08 bits per heavy atom. The molecule has 2 nitrogen and oxygen atoms in total. The van der Waals surface area contributed by atoms with Crippen LogP contribution in [0.25, 0.3) is 11.6 Å². The van der Waals surface area contributed by atoms with Crippen molar-refractivity contribution in [1.29, 1.82) is 0 Å². The first-order valence-corrected chi connectivity index (χ1v) is 9.55. The molecule has 3 rings (SSSR count). The van der Waals surface area contributed by atoms with Gasteiger partial charge >= 0.3 is 5.97 Å². The fourth-order valence-corrected chi connectivity index (χ4v) is 3.89. The zero-order valence-corrected chi connectivity index (χ0v) is 15.5. The third kappa shape index (κ3) is 4.28. The summed E-state index contributed by atoms with van der Waals surface area (Å²) in [7, 11) is 0. The van der Waals surface area contributed by atoms with Crippen LogP contribution in [0.2, 0.25) is 10.0 Å². The Bertz CT molecular complexity index is 853. The van der Waals surface area contributed by atoms with Gasteiger partial charge in [0.2, 0.25) is 0 Å². The van der Waals surface area contributed by atoms with Gasteiger partial charge in [-0.3, -0.25) is 0 Å². The molecule has 0 fully saturated rings. The SMILES string of the molecule is O=C(OCc1ccc(Cl)cc1Cl)/C(=C\c1cccs1)c1cccs1. The van der Waals surface area contributed by atoms with E-state index in [1.54, 1.807) is 29.5 Å². The summed E-state index contributed by atoms with van der Waals surface area (Å²) >= 11 is 15.1. The number of ether oxygens (including phenoxy) is 1. The van der Waals surface area contributed by atoms with Crippen LogP contribution in [0, 0.1) is 0 Å². The Morgan fingerprint density at radius 2 is 1.88 bits per heavy atom. The first-order chi connectivity index (χ1) is 11.6. The van der Waals surface area contributed by atoms with Crippen molar-refractivity contribution in [3.05, 3.63) is 78.6 Å². The quantitative estimate of drug-likeness (QED) is 0.369. The first kappa shape index (κ1) is 17.2. The number of esters is 1. The van der Waals surface area contributed by atoms with Gasteiger partial charge in [0.05, 0.1) is 5.57 Å². The van der Waals surface area contributed by atoms with Crippen LogP contribution < -0.4 is 0 Å². The lowest BCUT2D eigenvalue weighted by Crippen LogP contribution is -2.06. The summed E-state index contributed by atoms with van der Waals surface area (Å²) in [6.45, 7) is 0.0992. The molecule has 2 heterocycles. The molecule has 122 valence electrons. The van der Waals surface area contributed by atoms with E-state index in [9.17, 15) is 4.79 Å². The third-order valence-corrected chi connectivity index (χ3v) is 5.52. The molecule has 0 aliphatic rings. The van der Waals surface area contributed by atoms with Gasteiger partial charge in [0.1, 0.15) is 6.61 Å². The normalized spacial score (nSPS) is 11.5. The zero-order valence-electron chi connectivity index (χ0n) is 12.4. The standard InChI is InChI=1S/C18H12Cl2O2S2/c19-13-6-5-12(16(20)9-13)11-22-18(21)15(17-4-2-8-24-17)10-14-3-1-7-23-14/h1-10H,11H2/b15-10-.